The molecule has 2 aromatic heterocycles. The molecule has 0 saturated carbocycles. The molecular weight excluding hydrogens is 322 g/mol. The van der Waals surface area contributed by atoms with Crippen LogP contribution in [0.4, 0.5) is 0 Å². The maximum Gasteiger partial charge on any atom is 0.270 e. The fourth-order valence-corrected chi connectivity index (χ4v) is 4.00. The van der Waals surface area contributed by atoms with Crippen LogP contribution >= 0.6 is 11.3 Å². The maximum atomic E-state index is 12.6. The summed E-state index contributed by atoms with van der Waals surface area (Å²) in [5, 5.41) is 3.01. The highest BCUT2D eigenvalue weighted by Gasteiger charge is 2.21. The minimum Gasteiger partial charge on any atom is -0.493 e. The second-order valence-corrected chi connectivity index (χ2v) is 7.52. The number of imidazole rings is 1. The summed E-state index contributed by atoms with van der Waals surface area (Å²) in [5.41, 5.74) is 3.68. The van der Waals surface area contributed by atoms with Crippen LogP contribution < -0.4 is 10.1 Å². The van der Waals surface area contributed by atoms with E-state index < -0.39 is 0 Å². The third kappa shape index (κ3) is 2.47. The van der Waals surface area contributed by atoms with Crippen LogP contribution in [0.25, 0.3) is 4.96 Å². The highest BCUT2D eigenvalue weighted by Crippen LogP contribution is 2.34. The summed E-state index contributed by atoms with van der Waals surface area (Å²) in [5.74, 6) is 1.27. The summed E-state index contributed by atoms with van der Waals surface area (Å²) < 4.78 is 7.50. The summed E-state index contributed by atoms with van der Waals surface area (Å²) >= 11 is 1.59. The highest BCUT2D eigenvalue weighted by atomic mass is 32.1. The van der Waals surface area contributed by atoms with Crippen LogP contribution in [0.5, 0.6) is 5.75 Å². The van der Waals surface area contributed by atoms with Crippen LogP contribution in [0, 0.1) is 13.8 Å². The Hall–Kier alpha value is -2.34. The Morgan fingerprint density at radius 2 is 2.29 bits per heavy atom. The van der Waals surface area contributed by atoms with E-state index in [-0.39, 0.29) is 5.91 Å². The number of nitrogens with one attached hydrogen (secondary N) is 1. The van der Waals surface area contributed by atoms with Gasteiger partial charge in [0, 0.05) is 29.1 Å². The van der Waals surface area contributed by atoms with Crippen LogP contribution in [0.1, 0.15) is 45.0 Å². The number of carbonyl (C=O) groups excluding carboxylic acids is 1. The Balaban J connectivity index is 1.54. The average molecular weight is 341 g/mol. The number of hydrogen-bond donors (Lipinski definition) is 1. The van der Waals surface area contributed by atoms with Crippen molar-refractivity contribution in [2.75, 3.05) is 6.61 Å². The number of ether oxygens (including phenoxy) is 1. The van der Waals surface area contributed by atoms with Crippen LogP contribution in [-0.2, 0) is 6.54 Å². The molecule has 0 bridgehead atoms. The molecule has 1 aromatic carbocycles. The molecule has 1 N–H and O–H groups in total. The van der Waals surface area contributed by atoms with Crippen molar-refractivity contribution in [3.05, 3.63) is 51.8 Å². The predicted octanol–water partition coefficient (Wildman–Crippen LogP) is 3.44. The van der Waals surface area contributed by atoms with E-state index in [9.17, 15) is 4.79 Å². The monoisotopic (exact) mass is 341 g/mol. The lowest BCUT2D eigenvalue weighted by Crippen LogP contribution is -2.24. The first-order chi connectivity index (χ1) is 11.5. The van der Waals surface area contributed by atoms with Crippen molar-refractivity contribution in [3.8, 4) is 5.75 Å². The molecule has 1 amide bonds. The third-order valence-corrected chi connectivity index (χ3v) is 5.28. The molecule has 1 aliphatic rings. The zero-order chi connectivity index (χ0) is 16.8. The third-order valence-electron chi connectivity index (χ3n) is 4.38. The molecule has 1 unspecified atom stereocenters. The number of rotatable bonds is 3. The van der Waals surface area contributed by atoms with Gasteiger partial charge in [0.1, 0.15) is 11.4 Å². The topological polar surface area (TPSA) is 55.6 Å². The molecule has 124 valence electrons. The number of hydrogen-bond acceptors (Lipinski definition) is 4. The number of aromatic nitrogens is 2. The van der Waals surface area contributed by atoms with Gasteiger partial charge in [0.2, 0.25) is 0 Å². The van der Waals surface area contributed by atoms with E-state index in [2.05, 4.69) is 23.3 Å². The first kappa shape index (κ1) is 15.2. The fourth-order valence-electron chi connectivity index (χ4n) is 3.13. The molecule has 3 heterocycles. The van der Waals surface area contributed by atoms with Gasteiger partial charge in [-0.2, -0.15) is 0 Å². The van der Waals surface area contributed by atoms with Crippen molar-refractivity contribution in [2.24, 2.45) is 0 Å². The fraction of sp³-hybridized carbons (Fsp3) is 0.333. The van der Waals surface area contributed by atoms with E-state index in [1.54, 1.807) is 11.3 Å². The summed E-state index contributed by atoms with van der Waals surface area (Å²) in [7, 11) is 0. The molecule has 0 saturated heterocycles. The van der Waals surface area contributed by atoms with Crippen molar-refractivity contribution >= 4 is 22.2 Å². The van der Waals surface area contributed by atoms with Crippen LogP contribution in [0.3, 0.4) is 0 Å². The minimum absolute atomic E-state index is 0.0948. The van der Waals surface area contributed by atoms with E-state index in [4.69, 9.17) is 4.74 Å². The van der Waals surface area contributed by atoms with E-state index in [0.717, 1.165) is 33.5 Å². The molecule has 0 spiro atoms. The molecule has 0 radical (unpaired) electrons. The second kappa shape index (κ2) is 5.63. The van der Waals surface area contributed by atoms with Gasteiger partial charge in [-0.3, -0.25) is 9.20 Å². The van der Waals surface area contributed by atoms with Gasteiger partial charge in [-0.1, -0.05) is 13.0 Å². The van der Waals surface area contributed by atoms with E-state index in [1.807, 2.05) is 36.6 Å². The van der Waals surface area contributed by atoms with Gasteiger partial charge in [-0.25, -0.2) is 4.98 Å². The number of aryl methyl sites for hydroxylation is 2. The van der Waals surface area contributed by atoms with Crippen molar-refractivity contribution < 1.29 is 9.53 Å². The summed E-state index contributed by atoms with van der Waals surface area (Å²) in [4.78, 5) is 19.1. The Morgan fingerprint density at radius 3 is 3.12 bits per heavy atom. The van der Waals surface area contributed by atoms with Crippen LogP contribution in [-0.4, -0.2) is 21.9 Å². The Morgan fingerprint density at radius 1 is 1.46 bits per heavy atom. The molecule has 24 heavy (non-hydrogen) atoms. The highest BCUT2D eigenvalue weighted by molar-refractivity contribution is 7.17. The Kier molecular flexibility index (Phi) is 3.57. The van der Waals surface area contributed by atoms with Crippen molar-refractivity contribution in [3.63, 3.8) is 0 Å². The second-order valence-electron chi connectivity index (χ2n) is 6.31. The first-order valence-electron chi connectivity index (χ1n) is 8.02. The lowest BCUT2D eigenvalue weighted by molar-refractivity contribution is 0.0944. The minimum atomic E-state index is -0.0948. The molecule has 0 fully saturated rings. The predicted molar refractivity (Wildman–Crippen MR) is 94.1 cm³/mol. The smallest absolute Gasteiger partial charge is 0.270 e. The molecule has 5 nitrogen and oxygen atoms in total. The Labute approximate surface area is 144 Å². The SMILES string of the molecule is Cc1cn2c(C(=O)NCc3ccc4c(c3)C(C)CO4)c(C)nc2s1. The number of benzene rings is 1. The molecular formula is C18H19N3O2S. The van der Waals surface area contributed by atoms with Gasteiger partial charge < -0.3 is 10.1 Å². The quantitative estimate of drug-likeness (QED) is 0.794. The van der Waals surface area contributed by atoms with E-state index in [0.29, 0.717) is 18.2 Å². The lowest BCUT2D eigenvalue weighted by atomic mass is 10.0. The average Bonchev–Trinajstić information content (AvgIpc) is 3.17. The van der Waals surface area contributed by atoms with Gasteiger partial charge in [0.15, 0.2) is 4.96 Å². The van der Waals surface area contributed by atoms with E-state index in [1.165, 1.54) is 5.56 Å². The van der Waals surface area contributed by atoms with Gasteiger partial charge >= 0.3 is 0 Å². The Bertz CT molecular complexity index is 941. The van der Waals surface area contributed by atoms with Crippen molar-refractivity contribution in [1.29, 1.82) is 0 Å². The molecule has 6 heteroatoms. The van der Waals surface area contributed by atoms with Crippen molar-refractivity contribution in [2.45, 2.75) is 33.2 Å². The summed E-state index contributed by atoms with van der Waals surface area (Å²) in [6.07, 6.45) is 1.96. The lowest BCUT2D eigenvalue weighted by Gasteiger charge is -2.08. The normalized spacial score (nSPS) is 16.2. The van der Waals surface area contributed by atoms with Gasteiger partial charge in [0.25, 0.3) is 5.91 Å². The molecule has 3 aromatic rings. The molecule has 0 aliphatic carbocycles. The number of amides is 1. The number of thiazole rings is 1. The summed E-state index contributed by atoms with van der Waals surface area (Å²) in [6, 6.07) is 6.12. The van der Waals surface area contributed by atoms with Gasteiger partial charge in [0.05, 0.1) is 12.3 Å². The van der Waals surface area contributed by atoms with E-state index >= 15 is 0 Å². The summed E-state index contributed by atoms with van der Waals surface area (Å²) in [6.45, 7) is 7.27. The first-order valence-corrected chi connectivity index (χ1v) is 8.83. The molecule has 4 rings (SSSR count). The van der Waals surface area contributed by atoms with Gasteiger partial charge in [-0.05, 0) is 31.5 Å². The van der Waals surface area contributed by atoms with Gasteiger partial charge in [-0.15, -0.1) is 11.3 Å². The number of fused-ring (bicyclic) bond motifs is 2. The number of carbonyl (C=O) groups is 1. The molecule has 1 aliphatic heterocycles. The zero-order valence-electron chi connectivity index (χ0n) is 13.9. The van der Waals surface area contributed by atoms with Crippen LogP contribution in [0.2, 0.25) is 0 Å². The standard InChI is InChI=1S/C18H19N3O2S/c1-10-9-23-15-5-4-13(6-14(10)15)7-19-17(22)16-12(3)20-18-21(16)8-11(2)24-18/h4-6,8,10H,7,9H2,1-3H3,(H,19,22). The zero-order valence-corrected chi connectivity index (χ0v) is 14.7. The van der Waals surface area contributed by atoms with Crippen molar-refractivity contribution in [1.82, 2.24) is 14.7 Å². The maximum absolute atomic E-state index is 12.6. The number of nitrogens with zero attached hydrogens (tertiary/aromatic N) is 2. The van der Waals surface area contributed by atoms with Crippen LogP contribution in [0.15, 0.2) is 24.4 Å². The molecule has 1 atom stereocenters. The largest absolute Gasteiger partial charge is 0.493 e.